The van der Waals surface area contributed by atoms with Gasteiger partial charge in [0.1, 0.15) is 0 Å². The van der Waals surface area contributed by atoms with Crippen molar-refractivity contribution in [1.29, 1.82) is 0 Å². The Hall–Kier alpha value is -0.710. The zero-order chi connectivity index (χ0) is 14.6. The van der Waals surface area contributed by atoms with Crippen molar-refractivity contribution in [2.75, 3.05) is 36.5 Å². The molecule has 0 spiro atoms. The Morgan fingerprint density at radius 3 is 2.65 bits per heavy atom. The molecule has 4 heteroatoms. The average Bonchev–Trinajstić information content (AvgIpc) is 2.91. The third-order valence-corrected chi connectivity index (χ3v) is 5.36. The first-order valence-corrected chi connectivity index (χ1v) is 8.54. The fourth-order valence-electron chi connectivity index (χ4n) is 2.40. The lowest BCUT2D eigenvalue weighted by molar-refractivity contribution is 0.0651. The minimum atomic E-state index is -0.513. The maximum absolute atomic E-state index is 10.3. The van der Waals surface area contributed by atoms with E-state index in [1.807, 2.05) is 11.8 Å². The summed E-state index contributed by atoms with van der Waals surface area (Å²) in [5, 5.41) is 13.8. The van der Waals surface area contributed by atoms with Crippen molar-refractivity contribution >= 4 is 17.4 Å². The van der Waals surface area contributed by atoms with E-state index in [0.717, 1.165) is 24.5 Å². The maximum atomic E-state index is 10.3. The minimum absolute atomic E-state index is 0.269. The average molecular weight is 294 g/mol. The standard InChI is InChI=1S/C16H26N2OS/c1-4-18(3)15-7-5-14(6-8-15)13(2)17-11-16(19)9-10-20-12-16/h5-8,13,17,19H,4,9-12H2,1-3H3. The molecule has 2 rings (SSSR count). The molecule has 3 nitrogen and oxygen atoms in total. The van der Waals surface area contributed by atoms with Gasteiger partial charge in [-0.15, -0.1) is 0 Å². The number of aliphatic hydroxyl groups is 1. The summed E-state index contributed by atoms with van der Waals surface area (Å²) in [5.41, 5.74) is 2.00. The smallest absolute Gasteiger partial charge is 0.0869 e. The first-order valence-electron chi connectivity index (χ1n) is 7.39. The zero-order valence-corrected chi connectivity index (χ0v) is 13.5. The molecule has 2 N–H and O–H groups in total. The molecule has 1 fully saturated rings. The summed E-state index contributed by atoms with van der Waals surface area (Å²) in [5.74, 6) is 1.93. The second-order valence-electron chi connectivity index (χ2n) is 5.74. The summed E-state index contributed by atoms with van der Waals surface area (Å²) in [6.07, 6.45) is 0.900. The van der Waals surface area contributed by atoms with Gasteiger partial charge in [0.15, 0.2) is 0 Å². The Bertz CT molecular complexity index is 415. The lowest BCUT2D eigenvalue weighted by Crippen LogP contribution is -2.41. The SMILES string of the molecule is CCN(C)c1ccc(C(C)NCC2(O)CCSC2)cc1. The van der Waals surface area contributed by atoms with Gasteiger partial charge in [-0.2, -0.15) is 11.8 Å². The number of nitrogens with one attached hydrogen (secondary N) is 1. The number of thioether (sulfide) groups is 1. The van der Waals surface area contributed by atoms with Gasteiger partial charge in [-0.3, -0.25) is 0 Å². The van der Waals surface area contributed by atoms with Gasteiger partial charge >= 0.3 is 0 Å². The van der Waals surface area contributed by atoms with Crippen LogP contribution < -0.4 is 10.2 Å². The number of benzene rings is 1. The van der Waals surface area contributed by atoms with Crippen LogP contribution in [0.2, 0.25) is 0 Å². The molecule has 1 aliphatic heterocycles. The second kappa shape index (κ2) is 6.83. The van der Waals surface area contributed by atoms with E-state index in [4.69, 9.17) is 0 Å². The predicted octanol–water partition coefficient (Wildman–Crippen LogP) is 2.66. The molecule has 0 aromatic heterocycles. The van der Waals surface area contributed by atoms with E-state index >= 15 is 0 Å². The topological polar surface area (TPSA) is 35.5 Å². The molecule has 1 saturated heterocycles. The molecule has 112 valence electrons. The van der Waals surface area contributed by atoms with Crippen LogP contribution in [-0.2, 0) is 0 Å². The highest BCUT2D eigenvalue weighted by Gasteiger charge is 2.31. The van der Waals surface area contributed by atoms with Gasteiger partial charge < -0.3 is 15.3 Å². The highest BCUT2D eigenvalue weighted by atomic mass is 32.2. The largest absolute Gasteiger partial charge is 0.388 e. The van der Waals surface area contributed by atoms with Crippen LogP contribution in [0.5, 0.6) is 0 Å². The van der Waals surface area contributed by atoms with Crippen molar-refractivity contribution in [2.45, 2.75) is 31.9 Å². The van der Waals surface area contributed by atoms with Crippen LogP contribution >= 0.6 is 11.8 Å². The number of hydrogen-bond acceptors (Lipinski definition) is 4. The monoisotopic (exact) mass is 294 g/mol. The molecular formula is C16H26N2OS. The van der Waals surface area contributed by atoms with Crippen LogP contribution in [-0.4, -0.2) is 42.4 Å². The minimum Gasteiger partial charge on any atom is -0.388 e. The maximum Gasteiger partial charge on any atom is 0.0869 e. The van der Waals surface area contributed by atoms with Gasteiger partial charge in [0.2, 0.25) is 0 Å². The molecule has 0 amide bonds. The fourth-order valence-corrected chi connectivity index (χ4v) is 3.69. The van der Waals surface area contributed by atoms with Crippen molar-refractivity contribution < 1.29 is 5.11 Å². The van der Waals surface area contributed by atoms with E-state index in [2.05, 4.69) is 55.4 Å². The van der Waals surface area contributed by atoms with E-state index in [1.165, 1.54) is 11.3 Å². The lowest BCUT2D eigenvalue weighted by atomic mass is 10.0. The zero-order valence-electron chi connectivity index (χ0n) is 12.7. The molecular weight excluding hydrogens is 268 g/mol. The third kappa shape index (κ3) is 3.90. The van der Waals surface area contributed by atoms with Crippen LogP contribution in [0.25, 0.3) is 0 Å². The Kier molecular flexibility index (Phi) is 5.35. The van der Waals surface area contributed by atoms with E-state index in [0.29, 0.717) is 6.54 Å². The van der Waals surface area contributed by atoms with E-state index in [1.54, 1.807) is 0 Å². The summed E-state index contributed by atoms with van der Waals surface area (Å²) < 4.78 is 0. The molecule has 1 heterocycles. The molecule has 0 saturated carbocycles. The molecule has 1 aliphatic rings. The Balaban J connectivity index is 1.90. The van der Waals surface area contributed by atoms with E-state index in [-0.39, 0.29) is 6.04 Å². The van der Waals surface area contributed by atoms with Gasteiger partial charge in [0, 0.05) is 37.6 Å². The van der Waals surface area contributed by atoms with Gasteiger partial charge in [0.05, 0.1) is 5.60 Å². The Morgan fingerprint density at radius 1 is 1.40 bits per heavy atom. The number of hydrogen-bond donors (Lipinski definition) is 2. The van der Waals surface area contributed by atoms with Crippen LogP contribution in [0.3, 0.4) is 0 Å². The molecule has 20 heavy (non-hydrogen) atoms. The predicted molar refractivity (Wildman–Crippen MR) is 88.7 cm³/mol. The summed E-state index contributed by atoms with van der Waals surface area (Å²) >= 11 is 1.84. The van der Waals surface area contributed by atoms with Crippen molar-refractivity contribution in [3.05, 3.63) is 29.8 Å². The molecule has 2 atom stereocenters. The first kappa shape index (κ1) is 15.7. The number of nitrogens with zero attached hydrogens (tertiary/aromatic N) is 1. The number of rotatable bonds is 6. The second-order valence-corrected chi connectivity index (χ2v) is 6.84. The summed E-state index contributed by atoms with van der Waals surface area (Å²) in [6.45, 7) is 6.00. The van der Waals surface area contributed by atoms with Crippen LogP contribution in [0.4, 0.5) is 5.69 Å². The first-order chi connectivity index (χ1) is 9.54. The van der Waals surface area contributed by atoms with Crippen molar-refractivity contribution in [1.82, 2.24) is 5.32 Å². The molecule has 2 unspecified atom stereocenters. The van der Waals surface area contributed by atoms with Crippen LogP contribution in [0.1, 0.15) is 31.9 Å². The van der Waals surface area contributed by atoms with Crippen LogP contribution in [0.15, 0.2) is 24.3 Å². The molecule has 1 aromatic rings. The normalized spacial score (nSPS) is 23.8. The molecule has 0 aliphatic carbocycles. The highest BCUT2D eigenvalue weighted by molar-refractivity contribution is 7.99. The van der Waals surface area contributed by atoms with Crippen molar-refractivity contribution in [3.8, 4) is 0 Å². The van der Waals surface area contributed by atoms with Crippen LogP contribution in [0, 0.1) is 0 Å². The van der Waals surface area contributed by atoms with E-state index < -0.39 is 5.60 Å². The quantitative estimate of drug-likeness (QED) is 0.845. The van der Waals surface area contributed by atoms with Gasteiger partial charge in [0.25, 0.3) is 0 Å². The van der Waals surface area contributed by atoms with Gasteiger partial charge in [-0.05, 0) is 43.7 Å². The Labute approximate surface area is 126 Å². The van der Waals surface area contributed by atoms with E-state index in [9.17, 15) is 5.11 Å². The summed E-state index contributed by atoms with van der Waals surface area (Å²) in [6, 6.07) is 8.94. The highest BCUT2D eigenvalue weighted by Crippen LogP contribution is 2.28. The third-order valence-electron chi connectivity index (χ3n) is 4.13. The van der Waals surface area contributed by atoms with Gasteiger partial charge in [-0.25, -0.2) is 0 Å². The van der Waals surface area contributed by atoms with Crippen molar-refractivity contribution in [2.24, 2.45) is 0 Å². The fraction of sp³-hybridized carbons (Fsp3) is 0.625. The van der Waals surface area contributed by atoms with Crippen molar-refractivity contribution in [3.63, 3.8) is 0 Å². The molecule has 0 radical (unpaired) electrons. The lowest BCUT2D eigenvalue weighted by Gasteiger charge is -2.25. The summed E-state index contributed by atoms with van der Waals surface area (Å²) in [4.78, 5) is 2.22. The molecule has 0 bridgehead atoms. The molecule has 1 aromatic carbocycles. The Morgan fingerprint density at radius 2 is 2.10 bits per heavy atom. The van der Waals surface area contributed by atoms with Gasteiger partial charge in [-0.1, -0.05) is 12.1 Å². The number of anilines is 1. The summed E-state index contributed by atoms with van der Waals surface area (Å²) in [7, 11) is 2.10.